The molecule has 126 valence electrons. The van der Waals surface area contributed by atoms with E-state index >= 15 is 0 Å². The standard InChI is InChI=1S/C22H27NO/c1-22(15-9-4-10-16-22)17-20(18-11-5-2-6-12-18)23-21(24)19-13-7-3-8-14-19/h2-3,5-8,11-14,20H,4,9-10,15-17H2,1H3,(H,23,24)/t20-/m1/s1. The van der Waals surface area contributed by atoms with E-state index in [1.54, 1.807) is 0 Å². The van der Waals surface area contributed by atoms with E-state index in [2.05, 4.69) is 36.5 Å². The monoisotopic (exact) mass is 321 g/mol. The molecule has 1 saturated carbocycles. The minimum Gasteiger partial charge on any atom is -0.345 e. The van der Waals surface area contributed by atoms with Gasteiger partial charge >= 0.3 is 0 Å². The molecule has 0 heterocycles. The minimum atomic E-state index is 0.0175. The third kappa shape index (κ3) is 4.25. The van der Waals surface area contributed by atoms with E-state index in [-0.39, 0.29) is 11.9 Å². The van der Waals surface area contributed by atoms with E-state index in [1.807, 2.05) is 36.4 Å². The summed E-state index contributed by atoms with van der Waals surface area (Å²) >= 11 is 0. The summed E-state index contributed by atoms with van der Waals surface area (Å²) in [7, 11) is 0. The number of nitrogens with one attached hydrogen (secondary N) is 1. The Morgan fingerprint density at radius 3 is 2.17 bits per heavy atom. The molecule has 1 atom stereocenters. The molecule has 24 heavy (non-hydrogen) atoms. The SMILES string of the molecule is CC1(C[C@@H](NC(=O)c2ccccc2)c2ccccc2)CCCCC1. The maximum Gasteiger partial charge on any atom is 0.251 e. The fourth-order valence-electron chi connectivity index (χ4n) is 3.87. The van der Waals surface area contributed by atoms with E-state index in [0.29, 0.717) is 5.41 Å². The van der Waals surface area contributed by atoms with Crippen molar-refractivity contribution >= 4 is 5.91 Å². The molecule has 0 aromatic heterocycles. The van der Waals surface area contributed by atoms with E-state index in [1.165, 1.54) is 37.7 Å². The van der Waals surface area contributed by atoms with Crippen molar-refractivity contribution in [1.82, 2.24) is 5.32 Å². The van der Waals surface area contributed by atoms with Crippen LogP contribution in [0, 0.1) is 5.41 Å². The molecule has 1 amide bonds. The van der Waals surface area contributed by atoms with Gasteiger partial charge in [-0.05, 0) is 42.4 Å². The van der Waals surface area contributed by atoms with Gasteiger partial charge in [0.1, 0.15) is 0 Å². The van der Waals surface area contributed by atoms with Crippen LogP contribution in [0.3, 0.4) is 0 Å². The lowest BCUT2D eigenvalue weighted by molar-refractivity contribution is 0.0910. The maximum absolute atomic E-state index is 12.7. The first-order chi connectivity index (χ1) is 11.7. The van der Waals surface area contributed by atoms with Crippen LogP contribution in [0.1, 0.15) is 67.4 Å². The Morgan fingerprint density at radius 2 is 1.54 bits per heavy atom. The summed E-state index contributed by atoms with van der Waals surface area (Å²) in [6.45, 7) is 2.39. The molecule has 0 saturated heterocycles. The van der Waals surface area contributed by atoms with E-state index in [9.17, 15) is 4.79 Å². The van der Waals surface area contributed by atoms with Crippen LogP contribution in [-0.2, 0) is 0 Å². The van der Waals surface area contributed by atoms with Crippen molar-refractivity contribution < 1.29 is 4.79 Å². The summed E-state index contributed by atoms with van der Waals surface area (Å²) < 4.78 is 0. The van der Waals surface area contributed by atoms with Crippen molar-refractivity contribution in [1.29, 1.82) is 0 Å². The van der Waals surface area contributed by atoms with Crippen LogP contribution >= 0.6 is 0 Å². The highest BCUT2D eigenvalue weighted by Crippen LogP contribution is 2.42. The molecular weight excluding hydrogens is 294 g/mol. The largest absolute Gasteiger partial charge is 0.345 e. The molecule has 1 fully saturated rings. The molecule has 0 spiro atoms. The maximum atomic E-state index is 12.7. The van der Waals surface area contributed by atoms with Crippen molar-refractivity contribution in [3.05, 3.63) is 71.8 Å². The normalized spacial score (nSPS) is 17.9. The van der Waals surface area contributed by atoms with Gasteiger partial charge in [0.25, 0.3) is 5.91 Å². The third-order valence-electron chi connectivity index (χ3n) is 5.30. The third-order valence-corrected chi connectivity index (χ3v) is 5.30. The van der Waals surface area contributed by atoms with Crippen molar-refractivity contribution in [2.24, 2.45) is 5.41 Å². The number of hydrogen-bond donors (Lipinski definition) is 1. The number of benzene rings is 2. The molecular formula is C22H27NO. The summed E-state index contributed by atoms with van der Waals surface area (Å²) in [6.07, 6.45) is 7.50. The van der Waals surface area contributed by atoms with Crippen LogP contribution in [0.4, 0.5) is 0 Å². The topological polar surface area (TPSA) is 29.1 Å². The number of rotatable bonds is 5. The van der Waals surface area contributed by atoms with Crippen molar-refractivity contribution in [3.63, 3.8) is 0 Å². The van der Waals surface area contributed by atoms with Gasteiger partial charge in [-0.25, -0.2) is 0 Å². The van der Waals surface area contributed by atoms with Crippen LogP contribution in [0.5, 0.6) is 0 Å². The molecule has 2 heteroatoms. The van der Waals surface area contributed by atoms with Gasteiger partial charge in [0.05, 0.1) is 6.04 Å². The van der Waals surface area contributed by atoms with Gasteiger partial charge in [-0.3, -0.25) is 4.79 Å². The number of carbonyl (C=O) groups excluding carboxylic acids is 1. The number of hydrogen-bond acceptors (Lipinski definition) is 1. The fraction of sp³-hybridized carbons (Fsp3) is 0.409. The zero-order chi connectivity index (χ0) is 16.8. The van der Waals surface area contributed by atoms with Crippen LogP contribution in [0.15, 0.2) is 60.7 Å². The summed E-state index contributed by atoms with van der Waals surface area (Å²) in [4.78, 5) is 12.7. The van der Waals surface area contributed by atoms with Crippen molar-refractivity contribution in [2.45, 2.75) is 51.5 Å². The van der Waals surface area contributed by atoms with Gasteiger partial charge in [0.15, 0.2) is 0 Å². The van der Waals surface area contributed by atoms with Gasteiger partial charge in [0.2, 0.25) is 0 Å². The Kier molecular flexibility index (Phi) is 5.34. The number of amides is 1. The smallest absolute Gasteiger partial charge is 0.251 e. The lowest BCUT2D eigenvalue weighted by atomic mass is 9.71. The lowest BCUT2D eigenvalue weighted by Crippen LogP contribution is -2.33. The average molecular weight is 321 g/mol. The molecule has 2 aromatic carbocycles. The Hall–Kier alpha value is -2.09. The predicted octanol–water partition coefficient (Wildman–Crippen LogP) is 5.52. The number of carbonyl (C=O) groups is 1. The lowest BCUT2D eigenvalue weighted by Gasteiger charge is -2.37. The molecule has 0 bridgehead atoms. The molecule has 3 rings (SSSR count). The van der Waals surface area contributed by atoms with E-state index in [0.717, 1.165) is 12.0 Å². The second-order valence-corrected chi connectivity index (χ2v) is 7.38. The second-order valence-electron chi connectivity index (χ2n) is 7.38. The Labute approximate surface area is 145 Å². The first-order valence-electron chi connectivity index (χ1n) is 9.07. The Bertz CT molecular complexity index is 644. The highest BCUT2D eigenvalue weighted by atomic mass is 16.1. The van der Waals surface area contributed by atoms with Gasteiger partial charge in [-0.1, -0.05) is 74.7 Å². The molecule has 2 nitrogen and oxygen atoms in total. The van der Waals surface area contributed by atoms with Gasteiger partial charge in [-0.2, -0.15) is 0 Å². The summed E-state index contributed by atoms with van der Waals surface area (Å²) in [6, 6.07) is 20.0. The molecule has 0 unspecified atom stereocenters. The van der Waals surface area contributed by atoms with Crippen LogP contribution in [0.2, 0.25) is 0 Å². The fourth-order valence-corrected chi connectivity index (χ4v) is 3.87. The Morgan fingerprint density at radius 1 is 0.958 bits per heavy atom. The predicted molar refractivity (Wildman–Crippen MR) is 98.9 cm³/mol. The summed E-state index contributed by atoms with van der Waals surface area (Å²) in [5, 5.41) is 3.28. The molecule has 1 aliphatic rings. The quantitative estimate of drug-likeness (QED) is 0.772. The molecule has 0 radical (unpaired) electrons. The van der Waals surface area contributed by atoms with E-state index < -0.39 is 0 Å². The summed E-state index contributed by atoms with van der Waals surface area (Å²) in [5.41, 5.74) is 2.25. The zero-order valence-corrected chi connectivity index (χ0v) is 14.5. The highest BCUT2D eigenvalue weighted by Gasteiger charge is 2.31. The van der Waals surface area contributed by atoms with E-state index in [4.69, 9.17) is 0 Å². The first kappa shape index (κ1) is 16.8. The van der Waals surface area contributed by atoms with Gasteiger partial charge in [0, 0.05) is 5.56 Å². The highest BCUT2D eigenvalue weighted by molar-refractivity contribution is 5.94. The van der Waals surface area contributed by atoms with Crippen LogP contribution in [0.25, 0.3) is 0 Å². The van der Waals surface area contributed by atoms with Gasteiger partial charge in [-0.15, -0.1) is 0 Å². The molecule has 1 N–H and O–H groups in total. The molecule has 2 aromatic rings. The summed E-state index contributed by atoms with van der Waals surface area (Å²) in [5.74, 6) is 0.0175. The zero-order valence-electron chi connectivity index (χ0n) is 14.5. The first-order valence-corrected chi connectivity index (χ1v) is 9.07. The Balaban J connectivity index is 1.79. The second kappa shape index (κ2) is 7.65. The average Bonchev–Trinajstić information content (AvgIpc) is 2.63. The van der Waals surface area contributed by atoms with Gasteiger partial charge < -0.3 is 5.32 Å². The van der Waals surface area contributed by atoms with Crippen LogP contribution in [-0.4, -0.2) is 5.91 Å². The minimum absolute atomic E-state index is 0.0175. The molecule has 0 aliphatic heterocycles. The van der Waals surface area contributed by atoms with Crippen molar-refractivity contribution in [2.75, 3.05) is 0 Å². The van der Waals surface area contributed by atoms with Crippen molar-refractivity contribution in [3.8, 4) is 0 Å². The van der Waals surface area contributed by atoms with Crippen LogP contribution < -0.4 is 5.32 Å². The molecule has 1 aliphatic carbocycles.